The number of hydrogen-bond acceptors (Lipinski definition) is 1. The average Bonchev–Trinajstić information content (AvgIpc) is 2.87. The van der Waals surface area contributed by atoms with E-state index < -0.39 is 0 Å². The lowest BCUT2D eigenvalue weighted by atomic mass is 9.96. The molecule has 0 spiro atoms. The Labute approximate surface area is 127 Å². The van der Waals surface area contributed by atoms with Crippen LogP contribution in [0.3, 0.4) is 0 Å². The van der Waals surface area contributed by atoms with Crippen LogP contribution in [0.1, 0.15) is 15.9 Å². The lowest BCUT2D eigenvalue weighted by Crippen LogP contribution is -1.96. The fourth-order valence-corrected chi connectivity index (χ4v) is 3.53. The summed E-state index contributed by atoms with van der Waals surface area (Å²) in [5, 5.41) is 4.56. The van der Waals surface area contributed by atoms with Crippen molar-refractivity contribution in [2.45, 2.75) is 0 Å². The van der Waals surface area contributed by atoms with Gasteiger partial charge in [0.1, 0.15) is 0 Å². The first-order chi connectivity index (χ1) is 10.8. The summed E-state index contributed by atoms with van der Waals surface area (Å²) in [5.74, 6) is 0.145. The number of hydrogen-bond donors (Lipinski definition) is 0. The second-order valence-corrected chi connectivity index (χ2v) is 5.78. The van der Waals surface area contributed by atoms with Crippen LogP contribution in [0, 0.1) is 0 Å². The molecule has 4 aromatic rings. The van der Waals surface area contributed by atoms with E-state index in [4.69, 9.17) is 0 Å². The Balaban J connectivity index is 1.94. The first-order valence-corrected chi connectivity index (χ1v) is 7.42. The van der Waals surface area contributed by atoms with Crippen LogP contribution in [0.5, 0.6) is 0 Å². The second-order valence-electron chi connectivity index (χ2n) is 5.78. The Bertz CT molecular complexity index is 1090. The van der Waals surface area contributed by atoms with Gasteiger partial charge in [-0.3, -0.25) is 4.79 Å². The number of rotatable bonds is 0. The predicted octanol–water partition coefficient (Wildman–Crippen LogP) is 5.20. The molecule has 1 heteroatoms. The number of benzene rings is 4. The minimum atomic E-state index is 0.145. The Morgan fingerprint density at radius 2 is 1.23 bits per heavy atom. The summed E-state index contributed by atoms with van der Waals surface area (Å²) in [7, 11) is 0. The van der Waals surface area contributed by atoms with E-state index in [-0.39, 0.29) is 5.78 Å². The molecule has 0 saturated heterocycles. The fourth-order valence-electron chi connectivity index (χ4n) is 3.53. The van der Waals surface area contributed by atoms with E-state index in [9.17, 15) is 4.79 Å². The average molecular weight is 280 g/mol. The Hall–Kier alpha value is -2.93. The molecule has 0 N–H and O–H groups in total. The first-order valence-electron chi connectivity index (χ1n) is 7.42. The highest BCUT2D eigenvalue weighted by molar-refractivity contribution is 6.28. The Kier molecular flexibility index (Phi) is 2.15. The van der Waals surface area contributed by atoms with Crippen molar-refractivity contribution in [3.05, 3.63) is 83.9 Å². The highest BCUT2D eigenvalue weighted by Gasteiger charge is 2.27. The third-order valence-corrected chi connectivity index (χ3v) is 4.58. The molecule has 1 nitrogen and oxygen atoms in total. The van der Waals surface area contributed by atoms with Gasteiger partial charge in [0.2, 0.25) is 0 Å². The lowest BCUT2D eigenvalue weighted by Gasteiger charge is -2.07. The number of fused-ring (bicyclic) bond motifs is 6. The molecule has 5 rings (SSSR count). The van der Waals surface area contributed by atoms with Gasteiger partial charge in [-0.15, -0.1) is 0 Å². The first kappa shape index (κ1) is 11.7. The van der Waals surface area contributed by atoms with Crippen molar-refractivity contribution in [1.29, 1.82) is 0 Å². The van der Waals surface area contributed by atoms with E-state index in [1.54, 1.807) is 0 Å². The Morgan fingerprint density at radius 1 is 0.545 bits per heavy atom. The molecule has 102 valence electrons. The van der Waals surface area contributed by atoms with E-state index in [2.05, 4.69) is 36.4 Å². The Morgan fingerprint density at radius 3 is 2.05 bits per heavy atom. The molecule has 0 radical (unpaired) electrons. The zero-order valence-corrected chi connectivity index (χ0v) is 11.8. The van der Waals surface area contributed by atoms with E-state index in [0.717, 1.165) is 33.0 Å². The molecular formula is C21H12O. The van der Waals surface area contributed by atoms with E-state index in [1.165, 1.54) is 10.8 Å². The molecule has 1 aliphatic rings. The highest BCUT2D eigenvalue weighted by atomic mass is 16.1. The van der Waals surface area contributed by atoms with E-state index >= 15 is 0 Å². The van der Waals surface area contributed by atoms with Crippen molar-refractivity contribution < 1.29 is 4.79 Å². The molecule has 0 atom stereocenters. The van der Waals surface area contributed by atoms with Gasteiger partial charge in [0, 0.05) is 11.1 Å². The zero-order valence-electron chi connectivity index (χ0n) is 11.8. The fraction of sp³-hybridized carbons (Fsp3) is 0. The van der Waals surface area contributed by atoms with Crippen LogP contribution in [0.25, 0.3) is 32.7 Å². The summed E-state index contributed by atoms with van der Waals surface area (Å²) in [6.07, 6.45) is 0. The van der Waals surface area contributed by atoms with Crippen molar-refractivity contribution >= 4 is 27.3 Å². The minimum absolute atomic E-state index is 0.145. The van der Waals surface area contributed by atoms with Gasteiger partial charge in [-0.1, -0.05) is 60.7 Å². The van der Waals surface area contributed by atoms with Gasteiger partial charge in [0.05, 0.1) is 0 Å². The van der Waals surface area contributed by atoms with Gasteiger partial charge in [-0.2, -0.15) is 0 Å². The molecule has 0 fully saturated rings. The van der Waals surface area contributed by atoms with Crippen LogP contribution < -0.4 is 0 Å². The van der Waals surface area contributed by atoms with Crippen molar-refractivity contribution in [2.75, 3.05) is 0 Å². The molecule has 0 bridgehead atoms. The van der Waals surface area contributed by atoms with Crippen LogP contribution in [0.2, 0.25) is 0 Å². The van der Waals surface area contributed by atoms with Gasteiger partial charge in [0.25, 0.3) is 0 Å². The summed E-state index contributed by atoms with van der Waals surface area (Å²) in [6.45, 7) is 0. The van der Waals surface area contributed by atoms with Crippen LogP contribution in [0.15, 0.2) is 72.8 Å². The van der Waals surface area contributed by atoms with Crippen molar-refractivity contribution in [3.63, 3.8) is 0 Å². The van der Waals surface area contributed by atoms with Gasteiger partial charge in [0.15, 0.2) is 5.78 Å². The number of carbonyl (C=O) groups excluding carboxylic acids is 1. The molecule has 0 amide bonds. The third kappa shape index (κ3) is 1.40. The maximum atomic E-state index is 12.8. The number of carbonyl (C=O) groups is 1. The maximum Gasteiger partial charge on any atom is 0.194 e. The normalized spacial score (nSPS) is 12.6. The van der Waals surface area contributed by atoms with Crippen LogP contribution in [-0.2, 0) is 0 Å². The van der Waals surface area contributed by atoms with Gasteiger partial charge in [-0.05, 0) is 44.8 Å². The monoisotopic (exact) mass is 280 g/mol. The molecular weight excluding hydrogens is 268 g/mol. The molecule has 22 heavy (non-hydrogen) atoms. The number of ketones is 1. The maximum absolute atomic E-state index is 12.8. The summed E-state index contributed by atoms with van der Waals surface area (Å²) in [6, 6.07) is 24.7. The quantitative estimate of drug-likeness (QED) is 0.356. The highest BCUT2D eigenvalue weighted by Crippen LogP contribution is 2.41. The molecule has 0 aliphatic heterocycles. The lowest BCUT2D eigenvalue weighted by molar-refractivity contribution is 0.104. The van der Waals surface area contributed by atoms with E-state index in [1.807, 2.05) is 36.4 Å². The third-order valence-electron chi connectivity index (χ3n) is 4.58. The molecule has 4 aromatic carbocycles. The standard InChI is InChI=1S/C21H12O/c22-21-18-8-4-3-7-16(18)17-10-9-15-11-13-5-1-2-6-14(13)12-19(15)20(17)21/h1-12H. The second kappa shape index (κ2) is 4.05. The van der Waals surface area contributed by atoms with Crippen molar-refractivity contribution in [2.24, 2.45) is 0 Å². The summed E-state index contributed by atoms with van der Waals surface area (Å²) < 4.78 is 0. The predicted molar refractivity (Wildman–Crippen MR) is 90.3 cm³/mol. The molecule has 0 unspecified atom stereocenters. The van der Waals surface area contributed by atoms with Crippen LogP contribution in [-0.4, -0.2) is 5.78 Å². The molecule has 1 aliphatic carbocycles. The molecule has 0 aromatic heterocycles. The van der Waals surface area contributed by atoms with Gasteiger partial charge < -0.3 is 0 Å². The van der Waals surface area contributed by atoms with Crippen LogP contribution >= 0.6 is 0 Å². The summed E-state index contributed by atoms with van der Waals surface area (Å²) >= 11 is 0. The van der Waals surface area contributed by atoms with Gasteiger partial charge >= 0.3 is 0 Å². The summed E-state index contributed by atoms with van der Waals surface area (Å²) in [4.78, 5) is 12.8. The van der Waals surface area contributed by atoms with Gasteiger partial charge in [-0.25, -0.2) is 0 Å². The van der Waals surface area contributed by atoms with E-state index in [0.29, 0.717) is 0 Å². The SMILES string of the molecule is O=C1c2ccccc2-c2ccc3cc4ccccc4cc3c21. The zero-order chi connectivity index (χ0) is 14.7. The topological polar surface area (TPSA) is 17.1 Å². The smallest absolute Gasteiger partial charge is 0.194 e. The van der Waals surface area contributed by atoms with Crippen molar-refractivity contribution in [1.82, 2.24) is 0 Å². The molecule has 0 heterocycles. The summed E-state index contributed by atoms with van der Waals surface area (Å²) in [5.41, 5.74) is 3.78. The van der Waals surface area contributed by atoms with Crippen LogP contribution in [0.4, 0.5) is 0 Å². The largest absolute Gasteiger partial charge is 0.289 e. The minimum Gasteiger partial charge on any atom is -0.289 e. The van der Waals surface area contributed by atoms with Crippen molar-refractivity contribution in [3.8, 4) is 11.1 Å². The molecule has 0 saturated carbocycles.